The van der Waals surface area contributed by atoms with Crippen molar-refractivity contribution in [1.29, 1.82) is 0 Å². The van der Waals surface area contributed by atoms with E-state index in [0.717, 1.165) is 76.1 Å². The standard InChI is InChI=1S/C19H30N4O2/c1-15-12-16(21-19(20-15)23-7-3-2-4-8-23)13-22-9-11-25-18(14-22)17-6-5-10-24-17/h12,17-18H,2-11,13-14H2,1H3/t17-,18+/m0/s1. The van der Waals surface area contributed by atoms with Gasteiger partial charge >= 0.3 is 0 Å². The van der Waals surface area contributed by atoms with E-state index >= 15 is 0 Å². The van der Waals surface area contributed by atoms with E-state index in [-0.39, 0.29) is 12.2 Å². The van der Waals surface area contributed by atoms with Gasteiger partial charge in [0, 0.05) is 45.0 Å². The highest BCUT2D eigenvalue weighted by Gasteiger charge is 2.31. The number of hydrogen-bond acceptors (Lipinski definition) is 6. The number of anilines is 1. The van der Waals surface area contributed by atoms with E-state index in [9.17, 15) is 0 Å². The van der Waals surface area contributed by atoms with Gasteiger partial charge < -0.3 is 14.4 Å². The molecule has 2 atom stereocenters. The molecule has 6 nitrogen and oxygen atoms in total. The first-order chi connectivity index (χ1) is 12.3. The molecule has 6 heteroatoms. The Labute approximate surface area is 150 Å². The number of rotatable bonds is 4. The lowest BCUT2D eigenvalue weighted by molar-refractivity contribution is -0.0961. The molecule has 4 rings (SSSR count). The van der Waals surface area contributed by atoms with Crippen molar-refractivity contribution in [2.75, 3.05) is 44.3 Å². The maximum absolute atomic E-state index is 5.96. The van der Waals surface area contributed by atoms with Crippen molar-refractivity contribution in [1.82, 2.24) is 14.9 Å². The second-order valence-corrected chi connectivity index (χ2v) is 7.54. The maximum Gasteiger partial charge on any atom is 0.225 e. The summed E-state index contributed by atoms with van der Waals surface area (Å²) in [5, 5.41) is 0. The second kappa shape index (κ2) is 7.98. The van der Waals surface area contributed by atoms with Crippen LogP contribution in [0.2, 0.25) is 0 Å². The summed E-state index contributed by atoms with van der Waals surface area (Å²) in [4.78, 5) is 14.4. The van der Waals surface area contributed by atoms with Gasteiger partial charge in [-0.3, -0.25) is 4.90 Å². The van der Waals surface area contributed by atoms with Gasteiger partial charge in [-0.2, -0.15) is 0 Å². The van der Waals surface area contributed by atoms with Gasteiger partial charge in [0.05, 0.1) is 24.5 Å². The Bertz CT molecular complexity index is 571. The normalized spacial score (nSPS) is 28.4. The minimum absolute atomic E-state index is 0.209. The molecule has 0 saturated carbocycles. The highest BCUT2D eigenvalue weighted by atomic mass is 16.5. The lowest BCUT2D eigenvalue weighted by Crippen LogP contribution is -2.47. The Morgan fingerprint density at radius 1 is 1.00 bits per heavy atom. The summed E-state index contributed by atoms with van der Waals surface area (Å²) in [6, 6.07) is 2.13. The largest absolute Gasteiger partial charge is 0.375 e. The lowest BCUT2D eigenvalue weighted by Gasteiger charge is -2.35. The number of ether oxygens (including phenoxy) is 2. The van der Waals surface area contributed by atoms with Gasteiger partial charge in [0.2, 0.25) is 5.95 Å². The van der Waals surface area contributed by atoms with E-state index in [0.29, 0.717) is 0 Å². The quantitative estimate of drug-likeness (QED) is 0.833. The number of aryl methyl sites for hydroxylation is 1. The summed E-state index contributed by atoms with van der Waals surface area (Å²) in [5.74, 6) is 0.915. The molecule has 0 aromatic carbocycles. The minimum atomic E-state index is 0.209. The molecule has 0 unspecified atom stereocenters. The predicted octanol–water partition coefficient (Wildman–Crippen LogP) is 2.16. The molecule has 1 aromatic heterocycles. The molecule has 3 aliphatic rings. The molecule has 25 heavy (non-hydrogen) atoms. The molecule has 1 aromatic rings. The van der Waals surface area contributed by atoms with Crippen molar-refractivity contribution < 1.29 is 9.47 Å². The fraction of sp³-hybridized carbons (Fsp3) is 0.789. The fourth-order valence-corrected chi connectivity index (χ4v) is 4.16. The molecule has 3 fully saturated rings. The Hall–Kier alpha value is -1.24. The molecule has 3 aliphatic heterocycles. The lowest BCUT2D eigenvalue weighted by atomic mass is 10.1. The van der Waals surface area contributed by atoms with Crippen molar-refractivity contribution in [3.63, 3.8) is 0 Å². The predicted molar refractivity (Wildman–Crippen MR) is 96.8 cm³/mol. The van der Waals surface area contributed by atoms with Gasteiger partial charge in [-0.1, -0.05) is 0 Å². The van der Waals surface area contributed by atoms with Crippen molar-refractivity contribution in [2.45, 2.75) is 57.8 Å². The maximum atomic E-state index is 5.96. The molecule has 0 aliphatic carbocycles. The summed E-state index contributed by atoms with van der Waals surface area (Å²) in [7, 11) is 0. The van der Waals surface area contributed by atoms with Crippen molar-refractivity contribution in [3.8, 4) is 0 Å². The van der Waals surface area contributed by atoms with Crippen molar-refractivity contribution >= 4 is 5.95 Å². The van der Waals surface area contributed by atoms with Crippen LogP contribution in [-0.2, 0) is 16.0 Å². The third-order valence-corrected chi connectivity index (χ3v) is 5.48. The first-order valence-electron chi connectivity index (χ1n) is 9.83. The van der Waals surface area contributed by atoms with Crippen LogP contribution in [0.1, 0.15) is 43.5 Å². The van der Waals surface area contributed by atoms with Crippen LogP contribution in [0.3, 0.4) is 0 Å². The highest BCUT2D eigenvalue weighted by molar-refractivity contribution is 5.32. The number of aromatic nitrogens is 2. The van der Waals surface area contributed by atoms with E-state index < -0.39 is 0 Å². The highest BCUT2D eigenvalue weighted by Crippen LogP contribution is 2.22. The van der Waals surface area contributed by atoms with E-state index in [1.165, 1.54) is 19.3 Å². The number of morpholine rings is 1. The van der Waals surface area contributed by atoms with E-state index in [4.69, 9.17) is 14.5 Å². The van der Waals surface area contributed by atoms with Crippen molar-refractivity contribution in [3.05, 3.63) is 17.5 Å². The average Bonchev–Trinajstić information content (AvgIpc) is 3.17. The van der Waals surface area contributed by atoms with E-state index in [2.05, 4.69) is 27.8 Å². The SMILES string of the molecule is Cc1cc(CN2CCO[C@@H]([C@@H]3CCCO3)C2)nc(N2CCCCC2)n1. The topological polar surface area (TPSA) is 50.7 Å². The van der Waals surface area contributed by atoms with Gasteiger partial charge in [0.1, 0.15) is 0 Å². The van der Waals surface area contributed by atoms with Crippen LogP contribution < -0.4 is 4.90 Å². The Kier molecular flexibility index (Phi) is 5.48. The molecule has 3 saturated heterocycles. The first kappa shape index (κ1) is 17.2. The molecule has 138 valence electrons. The van der Waals surface area contributed by atoms with Crippen LogP contribution in [0.5, 0.6) is 0 Å². The van der Waals surface area contributed by atoms with Crippen LogP contribution >= 0.6 is 0 Å². The van der Waals surface area contributed by atoms with Crippen LogP contribution in [0.15, 0.2) is 6.07 Å². The third-order valence-electron chi connectivity index (χ3n) is 5.48. The summed E-state index contributed by atoms with van der Waals surface area (Å²) >= 11 is 0. The monoisotopic (exact) mass is 346 g/mol. The fourth-order valence-electron chi connectivity index (χ4n) is 4.16. The zero-order valence-corrected chi connectivity index (χ0v) is 15.3. The number of hydrogen-bond donors (Lipinski definition) is 0. The summed E-state index contributed by atoms with van der Waals surface area (Å²) < 4.78 is 11.8. The Morgan fingerprint density at radius 3 is 2.64 bits per heavy atom. The van der Waals surface area contributed by atoms with E-state index in [1.807, 2.05) is 0 Å². The van der Waals surface area contributed by atoms with Crippen LogP contribution in [0, 0.1) is 6.92 Å². The van der Waals surface area contributed by atoms with Crippen LogP contribution in [-0.4, -0.2) is 66.5 Å². The number of piperidine rings is 1. The molecule has 0 N–H and O–H groups in total. The molecule has 0 amide bonds. The van der Waals surface area contributed by atoms with Gasteiger partial charge in [-0.15, -0.1) is 0 Å². The summed E-state index contributed by atoms with van der Waals surface area (Å²) in [6.45, 7) is 8.69. The molecule has 0 bridgehead atoms. The zero-order valence-electron chi connectivity index (χ0n) is 15.3. The zero-order chi connectivity index (χ0) is 17.1. The summed E-state index contributed by atoms with van der Waals surface area (Å²) in [5.41, 5.74) is 2.19. The molecule has 0 radical (unpaired) electrons. The van der Waals surface area contributed by atoms with Gasteiger partial charge in [-0.05, 0) is 45.1 Å². The van der Waals surface area contributed by atoms with Crippen LogP contribution in [0.4, 0.5) is 5.95 Å². The molecule has 4 heterocycles. The minimum Gasteiger partial charge on any atom is -0.375 e. The first-order valence-corrected chi connectivity index (χ1v) is 9.83. The Morgan fingerprint density at radius 2 is 1.84 bits per heavy atom. The molecule has 0 spiro atoms. The van der Waals surface area contributed by atoms with Crippen molar-refractivity contribution in [2.24, 2.45) is 0 Å². The van der Waals surface area contributed by atoms with E-state index in [1.54, 1.807) is 0 Å². The van der Waals surface area contributed by atoms with Crippen LogP contribution in [0.25, 0.3) is 0 Å². The molecular formula is C19H30N4O2. The van der Waals surface area contributed by atoms with Gasteiger partial charge in [0.15, 0.2) is 0 Å². The average molecular weight is 346 g/mol. The summed E-state index contributed by atoms with van der Waals surface area (Å²) in [6.07, 6.45) is 6.60. The third kappa shape index (κ3) is 4.30. The number of nitrogens with zero attached hydrogens (tertiary/aromatic N) is 4. The van der Waals surface area contributed by atoms with Gasteiger partial charge in [-0.25, -0.2) is 9.97 Å². The van der Waals surface area contributed by atoms with Gasteiger partial charge in [0.25, 0.3) is 0 Å². The smallest absolute Gasteiger partial charge is 0.225 e. The Balaban J connectivity index is 1.41. The molecular weight excluding hydrogens is 316 g/mol. The second-order valence-electron chi connectivity index (χ2n) is 7.54.